The number of hydrogen-bond donors (Lipinski definition) is 1. The van der Waals surface area contributed by atoms with Gasteiger partial charge in [0.15, 0.2) is 0 Å². The minimum absolute atomic E-state index is 0.108. The van der Waals surface area contributed by atoms with Gasteiger partial charge in [0.05, 0.1) is 152 Å². The van der Waals surface area contributed by atoms with Crippen LogP contribution in [0.4, 0.5) is 5.69 Å². The number of ether oxygens (including phenoxy) is 13. The molecular formula is C34H61NO14. The summed E-state index contributed by atoms with van der Waals surface area (Å²) in [5.74, 6) is 0.608. The predicted octanol–water partition coefficient (Wildman–Crippen LogP) is 2.24. The molecular weight excluding hydrogens is 646 g/mol. The molecule has 0 radical (unpaired) electrons. The van der Waals surface area contributed by atoms with Crippen LogP contribution in [0.2, 0.25) is 0 Å². The van der Waals surface area contributed by atoms with Crippen LogP contribution < -0.4 is 10.1 Å². The zero-order valence-corrected chi connectivity index (χ0v) is 29.7. The van der Waals surface area contributed by atoms with Crippen LogP contribution in [0.25, 0.3) is 0 Å². The van der Waals surface area contributed by atoms with Crippen molar-refractivity contribution in [1.29, 1.82) is 0 Å². The second kappa shape index (κ2) is 37.3. The summed E-state index contributed by atoms with van der Waals surface area (Å²) in [5.41, 5.74) is 0.731. The van der Waals surface area contributed by atoms with Gasteiger partial charge in [0.1, 0.15) is 12.4 Å². The lowest BCUT2D eigenvalue weighted by atomic mass is 10.3. The second-order valence-electron chi connectivity index (χ2n) is 9.99. The maximum atomic E-state index is 11.0. The van der Waals surface area contributed by atoms with Crippen molar-refractivity contribution in [3.63, 3.8) is 0 Å². The molecule has 1 N–H and O–H groups in total. The Morgan fingerprint density at radius 2 is 0.653 bits per heavy atom. The normalized spacial score (nSPS) is 11.3. The maximum Gasteiger partial charge on any atom is 0.221 e. The highest BCUT2D eigenvalue weighted by Gasteiger charge is 1.99. The molecule has 15 heteroatoms. The summed E-state index contributed by atoms with van der Waals surface area (Å²) in [6.07, 6.45) is 0. The van der Waals surface area contributed by atoms with E-state index in [1.165, 1.54) is 6.92 Å². The maximum absolute atomic E-state index is 11.0. The number of anilines is 1. The standard InChI is InChI=1S/C34H61NO14/c1-3-37-8-9-38-10-11-39-12-13-40-14-15-41-16-17-42-18-19-43-20-21-44-22-23-45-24-25-46-26-27-47-28-29-48-30-31-49-34-6-4-33(5-7-34)35-32(2)36/h4-7H,3,8-31H2,1-2H3,(H,35,36). The summed E-state index contributed by atoms with van der Waals surface area (Å²) < 4.78 is 70.9. The molecule has 0 spiro atoms. The smallest absolute Gasteiger partial charge is 0.221 e. The highest BCUT2D eigenvalue weighted by atomic mass is 16.6. The molecule has 0 fully saturated rings. The summed E-state index contributed by atoms with van der Waals surface area (Å²) in [6, 6.07) is 7.18. The Morgan fingerprint density at radius 3 is 0.898 bits per heavy atom. The van der Waals surface area contributed by atoms with E-state index < -0.39 is 0 Å². The number of carbonyl (C=O) groups is 1. The van der Waals surface area contributed by atoms with Crippen molar-refractivity contribution in [3.8, 4) is 5.75 Å². The molecule has 0 aliphatic heterocycles. The van der Waals surface area contributed by atoms with Crippen LogP contribution in [0.1, 0.15) is 13.8 Å². The van der Waals surface area contributed by atoms with Crippen LogP contribution in [0.15, 0.2) is 24.3 Å². The fourth-order valence-corrected chi connectivity index (χ4v) is 3.62. The molecule has 49 heavy (non-hydrogen) atoms. The van der Waals surface area contributed by atoms with E-state index in [0.29, 0.717) is 171 Å². The molecule has 15 nitrogen and oxygen atoms in total. The van der Waals surface area contributed by atoms with Gasteiger partial charge in [0, 0.05) is 19.2 Å². The summed E-state index contributed by atoms with van der Waals surface area (Å²) in [6.45, 7) is 16.4. The van der Waals surface area contributed by atoms with Gasteiger partial charge in [-0.1, -0.05) is 0 Å². The summed E-state index contributed by atoms with van der Waals surface area (Å²) in [5, 5.41) is 2.71. The highest BCUT2D eigenvalue weighted by Crippen LogP contribution is 2.15. The van der Waals surface area contributed by atoms with E-state index >= 15 is 0 Å². The average Bonchev–Trinajstić information content (AvgIpc) is 3.10. The quantitative estimate of drug-likeness (QED) is 0.0997. The molecule has 0 aliphatic rings. The van der Waals surface area contributed by atoms with Gasteiger partial charge >= 0.3 is 0 Å². The van der Waals surface area contributed by atoms with Gasteiger partial charge in [-0.15, -0.1) is 0 Å². The van der Waals surface area contributed by atoms with Crippen molar-refractivity contribution in [2.45, 2.75) is 13.8 Å². The van der Waals surface area contributed by atoms with E-state index in [-0.39, 0.29) is 5.91 Å². The van der Waals surface area contributed by atoms with Gasteiger partial charge in [0.2, 0.25) is 5.91 Å². The van der Waals surface area contributed by atoms with Gasteiger partial charge in [-0.2, -0.15) is 0 Å². The van der Waals surface area contributed by atoms with Crippen LogP contribution in [-0.2, 0) is 61.6 Å². The van der Waals surface area contributed by atoms with Gasteiger partial charge in [-0.25, -0.2) is 0 Å². The number of rotatable bonds is 39. The minimum atomic E-state index is -0.108. The average molecular weight is 708 g/mol. The molecule has 1 amide bonds. The molecule has 0 atom stereocenters. The van der Waals surface area contributed by atoms with E-state index in [4.69, 9.17) is 61.6 Å². The Hall–Kier alpha value is -1.99. The molecule has 0 saturated heterocycles. The predicted molar refractivity (Wildman–Crippen MR) is 182 cm³/mol. The SMILES string of the molecule is CCOCCOCCOCCOCCOCCOCCOCCOCCOCCOCCOCCOCCOc1ccc(NC(C)=O)cc1. The van der Waals surface area contributed by atoms with Crippen LogP contribution in [-0.4, -0.2) is 171 Å². The summed E-state index contributed by atoms with van der Waals surface area (Å²) >= 11 is 0. The lowest BCUT2D eigenvalue weighted by Crippen LogP contribution is -2.15. The zero-order chi connectivity index (χ0) is 35.1. The molecule has 286 valence electrons. The Balaban J connectivity index is 1.65. The van der Waals surface area contributed by atoms with Crippen molar-refractivity contribution in [3.05, 3.63) is 24.3 Å². The topological polar surface area (TPSA) is 149 Å². The van der Waals surface area contributed by atoms with Gasteiger partial charge < -0.3 is 66.9 Å². The molecule has 0 unspecified atom stereocenters. The van der Waals surface area contributed by atoms with Crippen LogP contribution in [0.3, 0.4) is 0 Å². The van der Waals surface area contributed by atoms with Crippen LogP contribution in [0, 0.1) is 0 Å². The fraction of sp³-hybridized carbons (Fsp3) is 0.794. The van der Waals surface area contributed by atoms with Crippen molar-refractivity contribution in [2.24, 2.45) is 0 Å². The van der Waals surface area contributed by atoms with Gasteiger partial charge in [-0.05, 0) is 31.2 Å². The van der Waals surface area contributed by atoms with E-state index in [9.17, 15) is 4.79 Å². The number of carbonyl (C=O) groups excluding carboxylic acids is 1. The molecule has 1 rings (SSSR count). The lowest BCUT2D eigenvalue weighted by Gasteiger charge is -2.09. The zero-order valence-electron chi connectivity index (χ0n) is 29.7. The van der Waals surface area contributed by atoms with Crippen molar-refractivity contribution < 1.29 is 66.4 Å². The van der Waals surface area contributed by atoms with Crippen molar-refractivity contribution in [2.75, 3.05) is 170 Å². The third-order valence-electron chi connectivity index (χ3n) is 5.97. The van der Waals surface area contributed by atoms with E-state index in [0.717, 1.165) is 5.69 Å². The first-order chi connectivity index (χ1) is 24.2. The first kappa shape index (κ1) is 45.0. The molecule has 0 heterocycles. The largest absolute Gasteiger partial charge is 0.491 e. The summed E-state index contributed by atoms with van der Waals surface area (Å²) in [7, 11) is 0. The van der Waals surface area contributed by atoms with E-state index in [1.54, 1.807) is 24.3 Å². The number of benzene rings is 1. The first-order valence-corrected chi connectivity index (χ1v) is 17.2. The Bertz CT molecular complexity index is 821. The van der Waals surface area contributed by atoms with Gasteiger partial charge in [-0.3, -0.25) is 4.79 Å². The first-order valence-electron chi connectivity index (χ1n) is 17.2. The van der Waals surface area contributed by atoms with Crippen LogP contribution in [0.5, 0.6) is 5.75 Å². The number of nitrogens with one attached hydrogen (secondary N) is 1. The molecule has 1 aromatic rings. The molecule has 0 bridgehead atoms. The minimum Gasteiger partial charge on any atom is -0.491 e. The second-order valence-corrected chi connectivity index (χ2v) is 9.99. The molecule has 0 aliphatic carbocycles. The lowest BCUT2D eigenvalue weighted by molar-refractivity contribution is -0.114. The summed E-state index contributed by atoms with van der Waals surface area (Å²) in [4.78, 5) is 11.0. The van der Waals surface area contributed by atoms with Crippen LogP contribution >= 0.6 is 0 Å². The van der Waals surface area contributed by atoms with Crippen molar-refractivity contribution in [1.82, 2.24) is 0 Å². The fourth-order valence-electron chi connectivity index (χ4n) is 3.62. The van der Waals surface area contributed by atoms with E-state index in [2.05, 4.69) is 5.32 Å². The molecule has 0 saturated carbocycles. The third kappa shape index (κ3) is 34.2. The highest BCUT2D eigenvalue weighted by molar-refractivity contribution is 5.88. The Kier molecular flexibility index (Phi) is 34.3. The number of amides is 1. The molecule has 0 aromatic heterocycles. The number of hydrogen-bond acceptors (Lipinski definition) is 14. The Labute approximate surface area is 292 Å². The van der Waals surface area contributed by atoms with Gasteiger partial charge in [0.25, 0.3) is 0 Å². The monoisotopic (exact) mass is 707 g/mol. The Morgan fingerprint density at radius 1 is 0.408 bits per heavy atom. The molecule has 1 aromatic carbocycles. The van der Waals surface area contributed by atoms with E-state index in [1.807, 2.05) is 6.92 Å². The third-order valence-corrected chi connectivity index (χ3v) is 5.97. The van der Waals surface area contributed by atoms with Crippen molar-refractivity contribution >= 4 is 11.6 Å².